The van der Waals surface area contributed by atoms with Crippen LogP contribution in [0.4, 0.5) is 19.2 Å². The minimum atomic E-state index is -0.751. The van der Waals surface area contributed by atoms with Gasteiger partial charge in [0, 0.05) is 72.9 Å². The van der Waals surface area contributed by atoms with E-state index in [0.29, 0.717) is 75.5 Å². The molecule has 0 aliphatic heterocycles. The second kappa shape index (κ2) is 34.2. The SMILES string of the molecule is COc1ccc2cc(C(=O)NCCCN(CCCCCCN(CCCCCCCCN(CCCCCCN(Cc3cc(I)ccc3OC)C(=O)OC(C)(C)C)C(=O)OC(C)(C)C)C(=O)OC(C)(C)C)C(=O)OC(C)(C)C)c(=O)oc2c1. The number of rotatable bonds is 32. The Hall–Kier alpha value is -5.47. The van der Waals surface area contributed by atoms with E-state index in [1.54, 1.807) is 35.1 Å². The molecular formula is C62H98IN5O13. The Morgan fingerprint density at radius 1 is 0.481 bits per heavy atom. The second-order valence-electron chi connectivity index (χ2n) is 24.7. The van der Waals surface area contributed by atoms with E-state index < -0.39 is 40.0 Å². The summed E-state index contributed by atoms with van der Waals surface area (Å²) < 4.78 is 40.3. The van der Waals surface area contributed by atoms with Crippen molar-refractivity contribution >= 4 is 63.8 Å². The van der Waals surface area contributed by atoms with E-state index in [-0.39, 0.29) is 30.4 Å². The number of halogens is 1. The number of hydrogen-bond acceptors (Lipinski definition) is 13. The number of hydrogen-bond donors (Lipinski definition) is 1. The molecule has 1 N–H and O–H groups in total. The molecule has 19 heteroatoms. The largest absolute Gasteiger partial charge is 0.497 e. The van der Waals surface area contributed by atoms with E-state index in [1.165, 1.54) is 13.2 Å². The van der Waals surface area contributed by atoms with Crippen molar-refractivity contribution in [3.05, 3.63) is 67.6 Å². The number of fused-ring (bicyclic) bond motifs is 1. The van der Waals surface area contributed by atoms with Crippen molar-refractivity contribution in [1.82, 2.24) is 24.9 Å². The van der Waals surface area contributed by atoms with E-state index >= 15 is 0 Å². The van der Waals surface area contributed by atoms with E-state index in [1.807, 2.05) is 111 Å². The van der Waals surface area contributed by atoms with Gasteiger partial charge in [0.1, 0.15) is 45.0 Å². The molecule has 0 saturated heterocycles. The number of methoxy groups -OCH3 is 2. The monoisotopic (exact) mass is 1250 g/mol. The number of carbonyl (C=O) groups excluding carboxylic acids is 5. The lowest BCUT2D eigenvalue weighted by Gasteiger charge is -2.28. The lowest BCUT2D eigenvalue weighted by Crippen LogP contribution is -2.39. The van der Waals surface area contributed by atoms with Gasteiger partial charge in [-0.15, -0.1) is 0 Å². The van der Waals surface area contributed by atoms with Crippen molar-refractivity contribution in [2.45, 2.75) is 208 Å². The predicted molar refractivity (Wildman–Crippen MR) is 326 cm³/mol. The molecule has 0 bridgehead atoms. The molecule has 81 heavy (non-hydrogen) atoms. The van der Waals surface area contributed by atoms with Crippen molar-refractivity contribution in [3.8, 4) is 11.5 Å². The van der Waals surface area contributed by atoms with E-state index in [0.717, 1.165) is 105 Å². The summed E-state index contributed by atoms with van der Waals surface area (Å²) >= 11 is 2.26. The fourth-order valence-corrected chi connectivity index (χ4v) is 9.23. The molecule has 1 aromatic heterocycles. The average molecular weight is 1250 g/mol. The van der Waals surface area contributed by atoms with Crippen LogP contribution in [0.15, 0.2) is 51.7 Å². The van der Waals surface area contributed by atoms with Gasteiger partial charge in [0.15, 0.2) is 0 Å². The maximum Gasteiger partial charge on any atom is 0.410 e. The van der Waals surface area contributed by atoms with Crippen LogP contribution in [0.3, 0.4) is 0 Å². The van der Waals surface area contributed by atoms with Gasteiger partial charge in [0.2, 0.25) is 0 Å². The third-order valence-electron chi connectivity index (χ3n) is 12.6. The molecule has 0 saturated carbocycles. The van der Waals surface area contributed by atoms with Crippen LogP contribution in [0.2, 0.25) is 0 Å². The summed E-state index contributed by atoms with van der Waals surface area (Å²) in [4.78, 5) is 85.9. The van der Waals surface area contributed by atoms with E-state index in [9.17, 15) is 28.8 Å². The number of unbranched alkanes of at least 4 members (excludes halogenated alkanes) is 11. The summed E-state index contributed by atoms with van der Waals surface area (Å²) in [5.41, 5.74) is -2.16. The summed E-state index contributed by atoms with van der Waals surface area (Å²) in [5.74, 6) is 0.703. The Morgan fingerprint density at radius 3 is 1.26 bits per heavy atom. The Bertz CT molecular complexity index is 2490. The molecule has 0 unspecified atom stereocenters. The maximum atomic E-state index is 13.3. The minimum absolute atomic E-state index is 0.106. The molecule has 18 nitrogen and oxygen atoms in total. The smallest absolute Gasteiger partial charge is 0.410 e. The molecule has 0 radical (unpaired) electrons. The van der Waals surface area contributed by atoms with Crippen molar-refractivity contribution < 1.29 is 56.8 Å². The first-order valence-corrected chi connectivity index (χ1v) is 30.2. The Kier molecular flexibility index (Phi) is 29.5. The van der Waals surface area contributed by atoms with Gasteiger partial charge in [-0.05, 0) is 187 Å². The number of benzene rings is 2. The minimum Gasteiger partial charge on any atom is -0.497 e. The number of amides is 5. The van der Waals surface area contributed by atoms with Crippen molar-refractivity contribution in [2.75, 3.05) is 66.6 Å². The quantitative estimate of drug-likeness (QED) is 0.0269. The molecule has 3 rings (SSSR count). The summed E-state index contributed by atoms with van der Waals surface area (Å²) in [6.45, 7) is 26.6. The van der Waals surface area contributed by atoms with Crippen LogP contribution in [0.25, 0.3) is 11.0 Å². The summed E-state index contributed by atoms with van der Waals surface area (Å²) in [7, 11) is 3.15. The molecular weight excluding hydrogens is 1150 g/mol. The van der Waals surface area contributed by atoms with Crippen LogP contribution in [-0.2, 0) is 25.5 Å². The van der Waals surface area contributed by atoms with Gasteiger partial charge in [-0.3, -0.25) is 4.79 Å². The zero-order valence-corrected chi connectivity index (χ0v) is 53.6. The standard InChI is InChI=1S/C62H98IN5O13/c1-59(2,3)78-55(71)65(37-25-19-20-27-39-67(57(73)80-61(7,8)9)41-29-34-64-53(69)50-43-46-30-32-49(75-13)44-52(46)77-54(50)70)35-23-17-15-16-18-24-36-66(56(72)79-60(4,5)6)38-26-21-22-28-40-68(58(74)81-62(10,11)12)45-47-42-48(63)31-33-51(47)76-14/h30-33,42-44H,15-29,34-41,45H2,1-14H3,(H,64,69). The topological polar surface area (TPSA) is 196 Å². The van der Waals surface area contributed by atoms with Crippen LogP contribution in [0.5, 0.6) is 11.5 Å². The lowest BCUT2D eigenvalue weighted by molar-refractivity contribution is 0.0217. The van der Waals surface area contributed by atoms with Crippen LogP contribution < -0.4 is 20.4 Å². The van der Waals surface area contributed by atoms with Gasteiger partial charge >= 0.3 is 30.0 Å². The molecule has 0 aliphatic carbocycles. The van der Waals surface area contributed by atoms with Crippen molar-refractivity contribution in [1.29, 1.82) is 0 Å². The number of nitrogens with zero attached hydrogens (tertiary/aromatic N) is 4. The molecule has 1 heterocycles. The van der Waals surface area contributed by atoms with Gasteiger partial charge in [0.25, 0.3) is 5.91 Å². The zero-order chi connectivity index (χ0) is 60.4. The second-order valence-corrected chi connectivity index (χ2v) is 25.9. The van der Waals surface area contributed by atoms with Gasteiger partial charge in [-0.1, -0.05) is 51.4 Å². The summed E-state index contributed by atoms with van der Waals surface area (Å²) in [5, 5.41) is 3.37. The molecule has 2 aromatic carbocycles. The third-order valence-corrected chi connectivity index (χ3v) is 13.3. The molecule has 0 spiro atoms. The normalized spacial score (nSPS) is 11.9. The van der Waals surface area contributed by atoms with Crippen LogP contribution >= 0.6 is 22.6 Å². The molecule has 0 aliphatic rings. The highest BCUT2D eigenvalue weighted by molar-refractivity contribution is 14.1. The number of ether oxygens (including phenoxy) is 6. The van der Waals surface area contributed by atoms with E-state index in [4.69, 9.17) is 32.8 Å². The first-order valence-electron chi connectivity index (χ1n) is 29.1. The summed E-state index contributed by atoms with van der Waals surface area (Å²) in [6.07, 6.45) is 11.2. The van der Waals surface area contributed by atoms with Gasteiger partial charge in [-0.25, -0.2) is 24.0 Å². The highest BCUT2D eigenvalue weighted by Crippen LogP contribution is 2.25. The number of nitrogens with one attached hydrogen (secondary N) is 1. The highest BCUT2D eigenvalue weighted by atomic mass is 127. The van der Waals surface area contributed by atoms with Gasteiger partial charge in [0.05, 0.1) is 20.8 Å². The van der Waals surface area contributed by atoms with Gasteiger partial charge in [-0.2, -0.15) is 0 Å². The fourth-order valence-electron chi connectivity index (χ4n) is 8.67. The summed E-state index contributed by atoms with van der Waals surface area (Å²) in [6, 6.07) is 12.4. The maximum absolute atomic E-state index is 13.3. The molecule has 5 amide bonds. The predicted octanol–water partition coefficient (Wildman–Crippen LogP) is 14.1. The Balaban J connectivity index is 1.43. The fraction of sp³-hybridized carbons (Fsp3) is 0.677. The third kappa shape index (κ3) is 28.9. The van der Waals surface area contributed by atoms with Crippen molar-refractivity contribution in [2.24, 2.45) is 0 Å². The Labute approximate surface area is 497 Å². The highest BCUT2D eigenvalue weighted by Gasteiger charge is 2.27. The molecule has 3 aromatic rings. The first-order chi connectivity index (χ1) is 38.0. The lowest BCUT2D eigenvalue weighted by atomic mass is 10.1. The number of carbonyl (C=O) groups is 5. The average Bonchev–Trinajstić information content (AvgIpc) is 3.42. The van der Waals surface area contributed by atoms with E-state index in [2.05, 4.69) is 27.9 Å². The van der Waals surface area contributed by atoms with Crippen LogP contribution in [0.1, 0.15) is 195 Å². The van der Waals surface area contributed by atoms with Crippen LogP contribution in [-0.4, -0.2) is 139 Å². The van der Waals surface area contributed by atoms with Gasteiger partial charge < -0.3 is 57.8 Å². The van der Waals surface area contributed by atoms with Crippen molar-refractivity contribution in [3.63, 3.8) is 0 Å². The molecule has 456 valence electrons. The molecule has 0 atom stereocenters. The zero-order valence-electron chi connectivity index (χ0n) is 51.5. The molecule has 0 fully saturated rings. The first kappa shape index (κ1) is 69.8. The Morgan fingerprint density at radius 2 is 0.864 bits per heavy atom. The van der Waals surface area contributed by atoms with Crippen LogP contribution in [0, 0.1) is 3.57 Å².